The molecule has 0 spiro atoms. The molecule has 1 atom stereocenters. The number of allylic oxidation sites excluding steroid dienone is 4. The molecular formula is C40H40N4O2S. The van der Waals surface area contributed by atoms with Gasteiger partial charge >= 0.3 is 0 Å². The highest BCUT2D eigenvalue weighted by atomic mass is 32.1. The van der Waals surface area contributed by atoms with Gasteiger partial charge in [0.2, 0.25) is 0 Å². The van der Waals surface area contributed by atoms with E-state index in [1.165, 1.54) is 31.4 Å². The minimum absolute atomic E-state index is 0.0154. The maximum absolute atomic E-state index is 10.1. The summed E-state index contributed by atoms with van der Waals surface area (Å²) in [6, 6.07) is 25.9. The van der Waals surface area contributed by atoms with Crippen LogP contribution in [-0.4, -0.2) is 20.2 Å². The number of unbranched alkanes of at least 4 members (excludes halogenated alkanes) is 2. The lowest BCUT2D eigenvalue weighted by molar-refractivity contribution is 0.0755. The van der Waals surface area contributed by atoms with Crippen molar-refractivity contribution in [3.63, 3.8) is 0 Å². The van der Waals surface area contributed by atoms with Crippen molar-refractivity contribution in [3.05, 3.63) is 122 Å². The van der Waals surface area contributed by atoms with Crippen LogP contribution in [0.25, 0.3) is 18.2 Å². The van der Waals surface area contributed by atoms with Crippen LogP contribution in [0.2, 0.25) is 0 Å². The van der Waals surface area contributed by atoms with Crippen LogP contribution in [0.1, 0.15) is 67.3 Å². The number of benzene rings is 2. The summed E-state index contributed by atoms with van der Waals surface area (Å²) >= 11 is 1.61. The molecule has 0 amide bonds. The first kappa shape index (κ1) is 34.6. The minimum atomic E-state index is -1.04. The lowest BCUT2D eigenvalue weighted by Gasteiger charge is -2.27. The van der Waals surface area contributed by atoms with E-state index in [-0.39, 0.29) is 16.9 Å². The Morgan fingerprint density at radius 3 is 2.15 bits per heavy atom. The molecule has 0 N–H and O–H groups in total. The molecule has 2 aromatic carbocycles. The zero-order valence-electron chi connectivity index (χ0n) is 27.5. The Morgan fingerprint density at radius 1 is 0.872 bits per heavy atom. The lowest BCUT2D eigenvalue weighted by Crippen LogP contribution is -2.25. The van der Waals surface area contributed by atoms with E-state index in [9.17, 15) is 15.8 Å². The van der Waals surface area contributed by atoms with Gasteiger partial charge in [0.05, 0.1) is 7.11 Å². The normalized spacial score (nSPS) is 16.0. The van der Waals surface area contributed by atoms with E-state index >= 15 is 0 Å². The quantitative estimate of drug-likeness (QED) is 0.129. The molecule has 0 radical (unpaired) electrons. The molecule has 0 saturated carbocycles. The number of anilines is 1. The second-order valence-corrected chi connectivity index (χ2v) is 12.4. The fourth-order valence-corrected chi connectivity index (χ4v) is 6.25. The zero-order valence-corrected chi connectivity index (χ0v) is 28.3. The van der Waals surface area contributed by atoms with Crippen LogP contribution in [0.3, 0.4) is 0 Å². The molecule has 3 aromatic rings. The third-order valence-corrected chi connectivity index (χ3v) is 9.07. The monoisotopic (exact) mass is 640 g/mol. The van der Waals surface area contributed by atoms with Gasteiger partial charge in [0.25, 0.3) is 0 Å². The molecule has 1 unspecified atom stereocenters. The Bertz CT molecular complexity index is 1800. The fourth-order valence-electron chi connectivity index (χ4n) is 5.42. The number of nitrogens with zero attached hydrogens (tertiary/aromatic N) is 4. The first-order valence-corrected chi connectivity index (χ1v) is 16.7. The third-order valence-electron chi connectivity index (χ3n) is 8.06. The predicted octanol–water partition coefficient (Wildman–Crippen LogP) is 9.97. The Balaban J connectivity index is 1.53. The number of hydrogen-bond donors (Lipinski definition) is 0. The van der Waals surface area contributed by atoms with Gasteiger partial charge < -0.3 is 14.4 Å². The highest BCUT2D eigenvalue weighted by Gasteiger charge is 2.43. The van der Waals surface area contributed by atoms with Crippen LogP contribution in [0.15, 0.2) is 101 Å². The van der Waals surface area contributed by atoms with Crippen LogP contribution in [0, 0.1) is 34.0 Å². The van der Waals surface area contributed by atoms with Gasteiger partial charge in [-0.1, -0.05) is 81.3 Å². The first-order valence-electron chi connectivity index (χ1n) is 15.9. The maximum atomic E-state index is 10.1. The Hall–Kier alpha value is -5.29. The van der Waals surface area contributed by atoms with Crippen LogP contribution >= 0.6 is 11.3 Å². The molecule has 238 valence electrons. The maximum Gasteiger partial charge on any atom is 0.172 e. The Kier molecular flexibility index (Phi) is 12.4. The van der Waals surface area contributed by atoms with Gasteiger partial charge in [0, 0.05) is 45.7 Å². The standard InChI is InChI=1S/C40H40N4O2S/c1-5-7-24-44(25-8-6-2)33-19-18-30(38(26-33)45-4)14-12-13-17-34-20-21-35(47-34)22-23-37-36(29-43)39(31(27-41)28-42)46-40(37,3)32-15-10-9-11-16-32/h9-23,26H,5-8,24-25H2,1-4H3/b14-12+,17-13+,23-22+. The van der Waals surface area contributed by atoms with Crippen molar-refractivity contribution in [3.8, 4) is 24.0 Å². The Labute approximate surface area is 283 Å². The molecule has 2 heterocycles. The minimum Gasteiger partial charge on any atom is -0.496 e. The summed E-state index contributed by atoms with van der Waals surface area (Å²) in [5.74, 6) is 0.870. The number of nitriles is 3. The van der Waals surface area contributed by atoms with Crippen LogP contribution in [0.4, 0.5) is 5.69 Å². The number of ether oxygens (including phenoxy) is 2. The van der Waals surface area contributed by atoms with E-state index in [4.69, 9.17) is 9.47 Å². The number of hydrogen-bond acceptors (Lipinski definition) is 7. The molecule has 1 aromatic heterocycles. The van der Waals surface area contributed by atoms with Gasteiger partial charge in [0.1, 0.15) is 29.5 Å². The number of rotatable bonds is 14. The van der Waals surface area contributed by atoms with E-state index in [0.29, 0.717) is 5.57 Å². The van der Waals surface area contributed by atoms with Gasteiger partial charge in [0.15, 0.2) is 16.9 Å². The summed E-state index contributed by atoms with van der Waals surface area (Å²) in [4.78, 5) is 4.51. The zero-order chi connectivity index (χ0) is 33.6. The summed E-state index contributed by atoms with van der Waals surface area (Å²) in [5.41, 5.74) is 2.55. The number of thiophene rings is 1. The van der Waals surface area contributed by atoms with Gasteiger partial charge in [-0.3, -0.25) is 0 Å². The topological polar surface area (TPSA) is 93.1 Å². The SMILES string of the molecule is CCCCN(CCCC)c1ccc(/C=C/C=C/c2ccc(/C=C/C3=C(C#N)C(=C(C#N)C#N)OC3(C)c3ccccc3)s2)c(OC)c1. The van der Waals surface area contributed by atoms with E-state index < -0.39 is 5.60 Å². The molecule has 6 nitrogen and oxygen atoms in total. The van der Waals surface area contributed by atoms with Gasteiger partial charge in [-0.15, -0.1) is 11.3 Å². The number of methoxy groups -OCH3 is 1. The lowest BCUT2D eigenvalue weighted by atomic mass is 9.86. The third kappa shape index (κ3) is 8.30. The van der Waals surface area contributed by atoms with E-state index in [1.54, 1.807) is 18.4 Å². The average Bonchev–Trinajstić information content (AvgIpc) is 3.68. The molecule has 0 saturated heterocycles. The Morgan fingerprint density at radius 2 is 1.53 bits per heavy atom. The van der Waals surface area contributed by atoms with Crippen molar-refractivity contribution in [2.75, 3.05) is 25.1 Å². The molecule has 7 heteroatoms. The molecular weight excluding hydrogens is 601 g/mol. The van der Waals surface area contributed by atoms with Crippen LogP contribution in [-0.2, 0) is 10.3 Å². The van der Waals surface area contributed by atoms with Crippen molar-refractivity contribution in [1.29, 1.82) is 15.8 Å². The van der Waals surface area contributed by atoms with Gasteiger partial charge in [-0.2, -0.15) is 15.8 Å². The van der Waals surface area contributed by atoms with E-state index in [1.807, 2.05) is 85.8 Å². The highest BCUT2D eigenvalue weighted by Crippen LogP contribution is 2.47. The van der Waals surface area contributed by atoms with Crippen molar-refractivity contribution >= 4 is 35.3 Å². The summed E-state index contributed by atoms with van der Waals surface area (Å²) in [6.07, 6.45) is 16.6. The van der Waals surface area contributed by atoms with Crippen LogP contribution < -0.4 is 9.64 Å². The largest absolute Gasteiger partial charge is 0.496 e. The molecule has 4 rings (SSSR count). The molecule has 47 heavy (non-hydrogen) atoms. The van der Waals surface area contributed by atoms with Gasteiger partial charge in [-0.05, 0) is 61.7 Å². The summed E-state index contributed by atoms with van der Waals surface area (Å²) in [7, 11) is 1.72. The molecule has 0 fully saturated rings. The smallest absolute Gasteiger partial charge is 0.172 e. The first-order chi connectivity index (χ1) is 22.9. The summed E-state index contributed by atoms with van der Waals surface area (Å²) < 4.78 is 12.0. The molecule has 1 aliphatic heterocycles. The van der Waals surface area contributed by atoms with Crippen molar-refractivity contribution in [1.82, 2.24) is 0 Å². The second-order valence-electron chi connectivity index (χ2n) is 11.2. The van der Waals surface area contributed by atoms with E-state index in [0.717, 1.165) is 39.7 Å². The second kappa shape index (κ2) is 16.9. The van der Waals surface area contributed by atoms with Crippen LogP contribution in [0.5, 0.6) is 5.75 Å². The van der Waals surface area contributed by atoms with Crippen molar-refractivity contribution in [2.24, 2.45) is 0 Å². The van der Waals surface area contributed by atoms with Gasteiger partial charge in [-0.25, -0.2) is 0 Å². The van der Waals surface area contributed by atoms with E-state index in [2.05, 4.69) is 55.2 Å². The average molecular weight is 641 g/mol. The molecule has 0 aliphatic carbocycles. The fraction of sp³-hybridized carbons (Fsp3) is 0.275. The highest BCUT2D eigenvalue weighted by molar-refractivity contribution is 7.13. The predicted molar refractivity (Wildman–Crippen MR) is 192 cm³/mol. The summed E-state index contributed by atoms with van der Waals surface area (Å²) in [5, 5.41) is 29.1. The van der Waals surface area contributed by atoms with Crippen molar-refractivity contribution < 1.29 is 9.47 Å². The molecule has 1 aliphatic rings. The summed E-state index contributed by atoms with van der Waals surface area (Å²) in [6.45, 7) is 8.40. The molecule has 0 bridgehead atoms. The van der Waals surface area contributed by atoms with Crippen molar-refractivity contribution in [2.45, 2.75) is 52.1 Å².